The van der Waals surface area contributed by atoms with Crippen molar-refractivity contribution in [3.63, 3.8) is 0 Å². The fourth-order valence-corrected chi connectivity index (χ4v) is 4.63. The quantitative estimate of drug-likeness (QED) is 0.0264. The Morgan fingerprint density at radius 2 is 1.00 bits per heavy atom. The lowest BCUT2D eigenvalue weighted by atomic mass is 10.2. The van der Waals surface area contributed by atoms with Gasteiger partial charge in [-0.3, -0.25) is 18.6 Å². The highest BCUT2D eigenvalue weighted by Crippen LogP contribution is 2.43. The van der Waals surface area contributed by atoms with Gasteiger partial charge in [0.05, 0.1) is 26.4 Å². The van der Waals surface area contributed by atoms with Gasteiger partial charge in [-0.15, -0.1) is 0 Å². The van der Waals surface area contributed by atoms with Crippen LogP contribution in [0.5, 0.6) is 0 Å². The Balaban J connectivity index is 4.61. The third-order valence-corrected chi connectivity index (χ3v) is 7.53. The van der Waals surface area contributed by atoms with Crippen LogP contribution in [-0.2, 0) is 32.7 Å². The van der Waals surface area contributed by atoms with Gasteiger partial charge in [0.25, 0.3) is 0 Å². The van der Waals surface area contributed by atoms with Crippen LogP contribution in [0, 0.1) is 0 Å². The van der Waals surface area contributed by atoms with E-state index in [1.54, 1.807) is 0 Å². The molecule has 0 heterocycles. The molecule has 3 unspecified atom stereocenters. The first-order valence-electron chi connectivity index (χ1n) is 17.9. The molecule has 0 aromatic rings. The van der Waals surface area contributed by atoms with Crippen LogP contribution in [0.1, 0.15) is 90.9 Å². The summed E-state index contributed by atoms with van der Waals surface area (Å²) in [4.78, 5) is 33.3. The molecule has 0 aliphatic carbocycles. The van der Waals surface area contributed by atoms with Crippen molar-refractivity contribution in [2.75, 3.05) is 26.4 Å². The maximum absolute atomic E-state index is 12.5. The topological polar surface area (TPSA) is 155 Å². The maximum Gasteiger partial charge on any atom is 0.472 e. The lowest BCUT2D eigenvalue weighted by molar-refractivity contribution is -0.154. The second-order valence-corrected chi connectivity index (χ2v) is 12.7. The Bertz CT molecular complexity index is 1210. The maximum atomic E-state index is 12.5. The molecular weight excluding hydrogens is 669 g/mol. The highest BCUT2D eigenvalue weighted by atomic mass is 31.2. The number of phosphoric ester groups is 1. The molecule has 286 valence electrons. The zero-order chi connectivity index (χ0) is 37.7. The monoisotopic (exact) mass is 731 g/mol. The molecule has 0 aliphatic rings. The Kier molecular flexibility index (Phi) is 32.7. The predicted molar refractivity (Wildman–Crippen MR) is 207 cm³/mol. The summed E-state index contributed by atoms with van der Waals surface area (Å²) in [6.45, 7) is 3.27. The predicted octanol–water partition coefficient (Wildman–Crippen LogP) is 9.19. The Labute approximate surface area is 306 Å². The normalized spacial score (nSPS) is 15.4. The molecule has 0 fully saturated rings. The number of hydrogen-bond donors (Lipinski definition) is 3. The molecule has 3 atom stereocenters. The van der Waals surface area contributed by atoms with Crippen molar-refractivity contribution in [2.24, 2.45) is 5.73 Å². The van der Waals surface area contributed by atoms with E-state index in [2.05, 4.69) is 103 Å². The minimum absolute atomic E-state index is 0.0743. The first-order valence-corrected chi connectivity index (χ1v) is 19.4. The van der Waals surface area contributed by atoms with Gasteiger partial charge in [-0.25, -0.2) is 4.57 Å². The first-order chi connectivity index (χ1) is 24.7. The summed E-state index contributed by atoms with van der Waals surface area (Å²) in [5, 5.41) is 8.85. The molecule has 51 heavy (non-hydrogen) atoms. The lowest BCUT2D eigenvalue weighted by Crippen LogP contribution is -2.34. The Morgan fingerprint density at radius 3 is 1.43 bits per heavy atom. The summed E-state index contributed by atoms with van der Waals surface area (Å²) in [6.07, 6.45) is 46.2. The van der Waals surface area contributed by atoms with Crippen molar-refractivity contribution < 1.29 is 42.7 Å². The fraction of sp³-hybridized carbons (Fsp3) is 0.500. The number of nitrogens with two attached hydrogens (primary N) is 1. The fourth-order valence-electron chi connectivity index (χ4n) is 3.85. The van der Waals surface area contributed by atoms with Crippen LogP contribution >= 0.6 is 7.82 Å². The number of phosphoric acid groups is 1. The SMILES string of the molecule is CC/C=C\C/C=C\C/C=C\C/C=C\C/C=C\CCOCC(COP(=O)(O)OCC(N)C(=O)O)OC(=O)CC/C=C\C/C=C\C/C=C\C/C=C\CC. The average Bonchev–Trinajstić information content (AvgIpc) is 3.10. The number of aliphatic carboxylic acids is 1. The van der Waals surface area contributed by atoms with Gasteiger partial charge < -0.3 is 25.2 Å². The minimum atomic E-state index is -4.65. The summed E-state index contributed by atoms with van der Waals surface area (Å²) in [6, 6.07) is -1.50. The van der Waals surface area contributed by atoms with E-state index in [1.165, 1.54) is 0 Å². The van der Waals surface area contributed by atoms with E-state index in [9.17, 15) is 19.0 Å². The van der Waals surface area contributed by atoms with Crippen molar-refractivity contribution in [1.29, 1.82) is 0 Å². The summed E-state index contributed by atoms with van der Waals surface area (Å²) in [5.41, 5.74) is 5.32. The summed E-state index contributed by atoms with van der Waals surface area (Å²) in [7, 11) is -4.65. The molecule has 0 amide bonds. The van der Waals surface area contributed by atoms with E-state index < -0.39 is 45.1 Å². The molecular formula is C40H62NO9P. The molecule has 4 N–H and O–H groups in total. The smallest absolute Gasteiger partial charge is 0.472 e. The third-order valence-electron chi connectivity index (χ3n) is 6.58. The number of carbonyl (C=O) groups is 2. The van der Waals surface area contributed by atoms with E-state index in [0.29, 0.717) is 19.4 Å². The second-order valence-electron chi connectivity index (χ2n) is 11.2. The van der Waals surface area contributed by atoms with Gasteiger partial charge in [-0.2, -0.15) is 0 Å². The zero-order valence-electron chi connectivity index (χ0n) is 30.6. The highest BCUT2D eigenvalue weighted by Gasteiger charge is 2.27. The number of ether oxygens (including phenoxy) is 2. The molecule has 0 bridgehead atoms. The molecule has 0 saturated heterocycles. The van der Waals surface area contributed by atoms with Crippen molar-refractivity contribution in [2.45, 2.75) is 103 Å². The zero-order valence-corrected chi connectivity index (χ0v) is 31.5. The van der Waals surface area contributed by atoms with Gasteiger partial charge >= 0.3 is 19.8 Å². The molecule has 0 aromatic heterocycles. The lowest BCUT2D eigenvalue weighted by Gasteiger charge is -2.20. The molecule has 0 aliphatic heterocycles. The molecule has 11 heteroatoms. The van der Waals surface area contributed by atoms with Crippen LogP contribution in [0.4, 0.5) is 0 Å². The standard InChI is InChI=1S/C40H62NO9P/c1-3-5-7-9-11-13-15-17-18-19-21-23-25-27-29-31-33-47-34-37(35-48-51(45,46)49-36-38(41)40(43)44)50-39(42)32-30-28-26-24-22-20-16-14-12-10-8-6-4-2/h5-8,11-14,17-18,20-23,26-29,37-38H,3-4,9-10,15-16,19,24-25,30-36,41H2,1-2H3,(H,43,44)(H,45,46)/b7-5-,8-6-,13-11-,14-12-,18-17-,22-20-,23-21-,28-26-,29-27-. The molecule has 0 spiro atoms. The van der Waals surface area contributed by atoms with E-state index in [0.717, 1.165) is 57.8 Å². The number of allylic oxidation sites excluding steroid dienone is 17. The van der Waals surface area contributed by atoms with E-state index >= 15 is 0 Å². The third kappa shape index (κ3) is 34.8. The molecule has 0 aromatic carbocycles. The average molecular weight is 732 g/mol. The minimum Gasteiger partial charge on any atom is -0.480 e. The van der Waals surface area contributed by atoms with Gasteiger partial charge in [-0.05, 0) is 70.6 Å². The van der Waals surface area contributed by atoms with Crippen LogP contribution in [-0.4, -0.2) is 60.5 Å². The van der Waals surface area contributed by atoms with Crippen LogP contribution in [0.15, 0.2) is 109 Å². The largest absolute Gasteiger partial charge is 0.480 e. The van der Waals surface area contributed by atoms with Gasteiger partial charge in [0, 0.05) is 6.42 Å². The van der Waals surface area contributed by atoms with E-state index in [-0.39, 0.29) is 13.0 Å². The van der Waals surface area contributed by atoms with Crippen molar-refractivity contribution in [3.8, 4) is 0 Å². The summed E-state index contributed by atoms with van der Waals surface area (Å²) in [5.74, 6) is -1.91. The molecule has 0 saturated carbocycles. The Morgan fingerprint density at radius 1 is 0.608 bits per heavy atom. The van der Waals surface area contributed by atoms with Crippen molar-refractivity contribution in [3.05, 3.63) is 109 Å². The van der Waals surface area contributed by atoms with E-state index in [1.807, 2.05) is 24.3 Å². The molecule has 0 radical (unpaired) electrons. The highest BCUT2D eigenvalue weighted by molar-refractivity contribution is 7.47. The number of rotatable bonds is 32. The van der Waals surface area contributed by atoms with Gasteiger partial charge in [-0.1, -0.05) is 123 Å². The van der Waals surface area contributed by atoms with Gasteiger partial charge in [0.1, 0.15) is 12.1 Å². The van der Waals surface area contributed by atoms with Gasteiger partial charge in [0.2, 0.25) is 0 Å². The summed E-state index contributed by atoms with van der Waals surface area (Å²) < 4.78 is 32.9. The first kappa shape index (κ1) is 47.6. The molecule has 0 rings (SSSR count). The van der Waals surface area contributed by atoms with Gasteiger partial charge in [0.15, 0.2) is 0 Å². The number of esters is 1. The van der Waals surface area contributed by atoms with Crippen LogP contribution < -0.4 is 5.73 Å². The Hall–Kier alpha value is -3.37. The van der Waals surface area contributed by atoms with Crippen molar-refractivity contribution >= 4 is 19.8 Å². The number of carboxylic acids is 1. The van der Waals surface area contributed by atoms with E-state index in [4.69, 9.17) is 24.8 Å². The van der Waals surface area contributed by atoms with Crippen molar-refractivity contribution in [1.82, 2.24) is 0 Å². The van der Waals surface area contributed by atoms with Crippen LogP contribution in [0.2, 0.25) is 0 Å². The second kappa shape index (κ2) is 35.1. The van der Waals surface area contributed by atoms with Crippen LogP contribution in [0.25, 0.3) is 0 Å². The molecule has 10 nitrogen and oxygen atoms in total. The number of carboxylic acid groups (broad SMARTS) is 1. The number of hydrogen-bond acceptors (Lipinski definition) is 8. The number of carbonyl (C=O) groups excluding carboxylic acids is 1. The van der Waals surface area contributed by atoms with Crippen LogP contribution in [0.3, 0.4) is 0 Å². The summed E-state index contributed by atoms with van der Waals surface area (Å²) >= 11 is 0.